The van der Waals surface area contributed by atoms with Crippen molar-refractivity contribution < 1.29 is 9.90 Å². The van der Waals surface area contributed by atoms with E-state index in [-0.39, 0.29) is 0 Å². The van der Waals surface area contributed by atoms with Gasteiger partial charge in [-0.1, -0.05) is 49.0 Å². The normalized spacial score (nSPS) is 13.8. The van der Waals surface area contributed by atoms with Crippen molar-refractivity contribution in [1.29, 1.82) is 0 Å². The topological polar surface area (TPSA) is 75.1 Å². The number of aliphatic carboxylic acids is 1. The molecule has 112 valence electrons. The summed E-state index contributed by atoms with van der Waals surface area (Å²) < 4.78 is 4.91. The van der Waals surface area contributed by atoms with Crippen LogP contribution in [0.2, 0.25) is 0 Å². The van der Waals surface area contributed by atoms with Crippen molar-refractivity contribution in [2.75, 3.05) is 12.3 Å². The molecule has 0 aliphatic carbocycles. The van der Waals surface area contributed by atoms with Crippen LogP contribution in [0.25, 0.3) is 0 Å². The van der Waals surface area contributed by atoms with Crippen LogP contribution in [0.3, 0.4) is 0 Å². The predicted octanol–water partition coefficient (Wildman–Crippen LogP) is 2.53. The minimum Gasteiger partial charge on any atom is -0.480 e. The van der Waals surface area contributed by atoms with E-state index in [0.29, 0.717) is 18.1 Å². The van der Waals surface area contributed by atoms with Gasteiger partial charge in [0.05, 0.1) is 0 Å². The highest BCUT2D eigenvalue weighted by Gasteiger charge is 2.40. The summed E-state index contributed by atoms with van der Waals surface area (Å²) in [5.74, 6) is 0.185. The first-order chi connectivity index (χ1) is 10.1. The number of carboxylic acids is 1. The lowest BCUT2D eigenvalue weighted by atomic mass is 9.92. The first kappa shape index (κ1) is 15.9. The van der Waals surface area contributed by atoms with Gasteiger partial charge in [-0.3, -0.25) is 5.32 Å². The third-order valence-electron chi connectivity index (χ3n) is 3.03. The molecule has 1 heterocycles. The molecule has 2 N–H and O–H groups in total. The van der Waals surface area contributed by atoms with Crippen molar-refractivity contribution in [3.05, 3.63) is 41.7 Å². The zero-order valence-corrected chi connectivity index (χ0v) is 13.5. The number of carboxylic acid groups (broad SMARTS) is 1. The lowest BCUT2D eigenvalue weighted by molar-refractivity contribution is -0.144. The molecule has 1 aromatic heterocycles. The molecule has 2 aromatic rings. The summed E-state index contributed by atoms with van der Waals surface area (Å²) in [6.45, 7) is 4.30. The van der Waals surface area contributed by atoms with Crippen LogP contribution >= 0.6 is 23.3 Å². The fraction of sp³-hybridized carbons (Fsp3) is 0.357. The Hall–Kier alpha value is -1.44. The van der Waals surface area contributed by atoms with Gasteiger partial charge in [0.1, 0.15) is 5.82 Å². The van der Waals surface area contributed by atoms with Gasteiger partial charge in [-0.15, -0.1) is 0 Å². The molecule has 2 rings (SSSR count). The average Bonchev–Trinajstić information content (AvgIpc) is 2.90. The second-order valence-electron chi connectivity index (χ2n) is 4.50. The first-order valence-corrected chi connectivity index (χ1v) is 8.31. The fourth-order valence-electron chi connectivity index (χ4n) is 2.03. The van der Waals surface area contributed by atoms with Crippen LogP contribution in [0, 0.1) is 6.92 Å². The number of nitrogens with zero attached hydrogens (tertiary/aromatic N) is 2. The van der Waals surface area contributed by atoms with Crippen molar-refractivity contribution in [1.82, 2.24) is 14.7 Å². The lowest BCUT2D eigenvalue weighted by Gasteiger charge is -2.30. The lowest BCUT2D eigenvalue weighted by Crippen LogP contribution is -2.51. The van der Waals surface area contributed by atoms with Crippen molar-refractivity contribution >= 4 is 29.3 Å². The maximum absolute atomic E-state index is 11.9. The summed E-state index contributed by atoms with van der Waals surface area (Å²) in [7, 11) is 0. The van der Waals surface area contributed by atoms with Crippen LogP contribution in [0.4, 0.5) is 0 Å². The molecule has 0 fully saturated rings. The van der Waals surface area contributed by atoms with E-state index in [9.17, 15) is 9.90 Å². The van der Waals surface area contributed by atoms with E-state index < -0.39 is 11.5 Å². The fourth-order valence-corrected chi connectivity index (χ4v) is 3.88. The Balaban J connectivity index is 2.28. The van der Waals surface area contributed by atoms with E-state index in [0.717, 1.165) is 9.90 Å². The second-order valence-corrected chi connectivity index (χ2v) is 6.48. The van der Waals surface area contributed by atoms with Gasteiger partial charge in [-0.25, -0.2) is 9.78 Å². The molecule has 0 saturated carbocycles. The van der Waals surface area contributed by atoms with Crippen LogP contribution in [0.1, 0.15) is 18.3 Å². The number of hydrogen-bond donors (Lipinski definition) is 2. The summed E-state index contributed by atoms with van der Waals surface area (Å²) >= 11 is 2.71. The highest BCUT2D eigenvalue weighted by molar-refractivity contribution is 8.01. The smallest absolute Gasteiger partial charge is 0.329 e. The summed E-state index contributed by atoms with van der Waals surface area (Å²) in [5, 5.41) is 12.9. The number of rotatable bonds is 7. The summed E-state index contributed by atoms with van der Waals surface area (Å²) in [4.78, 5) is 16.2. The van der Waals surface area contributed by atoms with Crippen molar-refractivity contribution in [3.63, 3.8) is 0 Å². The molecular weight excluding hydrogens is 306 g/mol. The number of hydrogen-bond acceptors (Lipinski definition) is 6. The monoisotopic (exact) mass is 323 g/mol. The van der Waals surface area contributed by atoms with E-state index in [2.05, 4.69) is 14.7 Å². The van der Waals surface area contributed by atoms with Crippen LogP contribution in [-0.4, -0.2) is 32.7 Å². The molecule has 7 heteroatoms. The van der Waals surface area contributed by atoms with E-state index in [4.69, 9.17) is 0 Å². The standard InChI is InChI=1S/C14H17N3O2S2/c1-3-15-14(12(18)19,11-7-5-4-6-8-11)9-20-13-16-10(2)17-21-13/h4-8,15H,3,9H2,1-2H3,(H,18,19). The van der Waals surface area contributed by atoms with Crippen molar-refractivity contribution in [2.45, 2.75) is 23.7 Å². The van der Waals surface area contributed by atoms with E-state index >= 15 is 0 Å². The Labute approximate surface area is 132 Å². The Kier molecular flexibility index (Phi) is 5.33. The minimum absolute atomic E-state index is 0.356. The predicted molar refractivity (Wildman–Crippen MR) is 84.8 cm³/mol. The molecule has 0 spiro atoms. The molecule has 5 nitrogen and oxygen atoms in total. The van der Waals surface area contributed by atoms with Crippen molar-refractivity contribution in [3.8, 4) is 0 Å². The molecule has 0 amide bonds. The SMILES string of the molecule is CCNC(CSc1nc(C)ns1)(C(=O)O)c1ccccc1. The molecule has 0 aliphatic rings. The Bertz CT molecular complexity index is 603. The number of nitrogens with one attached hydrogen (secondary N) is 1. The van der Waals surface area contributed by atoms with Gasteiger partial charge in [-0.2, -0.15) is 4.37 Å². The van der Waals surface area contributed by atoms with E-state index in [1.807, 2.05) is 44.2 Å². The van der Waals surface area contributed by atoms with Gasteiger partial charge in [-0.05, 0) is 30.6 Å². The number of likely N-dealkylation sites (N-methyl/N-ethyl adjacent to an activating group) is 1. The summed E-state index contributed by atoms with van der Waals surface area (Å²) in [6.07, 6.45) is 0. The maximum atomic E-state index is 11.9. The second kappa shape index (κ2) is 7.02. The number of thioether (sulfide) groups is 1. The van der Waals surface area contributed by atoms with Crippen molar-refractivity contribution in [2.24, 2.45) is 0 Å². The van der Waals surface area contributed by atoms with Gasteiger partial charge in [0.2, 0.25) is 0 Å². The first-order valence-electron chi connectivity index (χ1n) is 6.55. The zero-order chi connectivity index (χ0) is 15.3. The zero-order valence-electron chi connectivity index (χ0n) is 11.9. The van der Waals surface area contributed by atoms with Crippen LogP contribution in [-0.2, 0) is 10.3 Å². The molecule has 21 heavy (non-hydrogen) atoms. The Morgan fingerprint density at radius 2 is 2.14 bits per heavy atom. The van der Waals surface area contributed by atoms with Gasteiger partial charge in [0.25, 0.3) is 0 Å². The summed E-state index contributed by atoms with van der Waals surface area (Å²) in [6, 6.07) is 9.25. The quantitative estimate of drug-likeness (QED) is 0.763. The molecule has 1 aromatic carbocycles. The summed E-state index contributed by atoms with van der Waals surface area (Å²) in [5.41, 5.74) is -0.381. The third-order valence-corrected chi connectivity index (χ3v) is 5.13. The third kappa shape index (κ3) is 3.61. The molecule has 0 bridgehead atoms. The highest BCUT2D eigenvalue weighted by Crippen LogP contribution is 2.31. The van der Waals surface area contributed by atoms with Gasteiger partial charge >= 0.3 is 5.97 Å². The van der Waals surface area contributed by atoms with Crippen LogP contribution in [0.15, 0.2) is 34.7 Å². The number of aromatic nitrogens is 2. The molecule has 0 aliphatic heterocycles. The average molecular weight is 323 g/mol. The Morgan fingerprint density at radius 3 is 2.67 bits per heavy atom. The molecular formula is C14H17N3O2S2. The van der Waals surface area contributed by atoms with E-state index in [1.165, 1.54) is 23.3 Å². The number of aryl methyl sites for hydroxylation is 1. The number of carbonyl (C=O) groups is 1. The minimum atomic E-state index is -1.12. The van der Waals surface area contributed by atoms with Gasteiger partial charge in [0, 0.05) is 5.75 Å². The Morgan fingerprint density at radius 1 is 1.43 bits per heavy atom. The van der Waals surface area contributed by atoms with Crippen LogP contribution in [0.5, 0.6) is 0 Å². The maximum Gasteiger partial charge on any atom is 0.329 e. The molecule has 1 unspecified atom stereocenters. The number of benzene rings is 1. The highest BCUT2D eigenvalue weighted by atomic mass is 32.2. The van der Waals surface area contributed by atoms with Crippen LogP contribution < -0.4 is 5.32 Å². The molecule has 1 atom stereocenters. The van der Waals surface area contributed by atoms with Gasteiger partial charge < -0.3 is 5.11 Å². The van der Waals surface area contributed by atoms with Gasteiger partial charge in [0.15, 0.2) is 9.88 Å². The molecule has 0 radical (unpaired) electrons. The largest absolute Gasteiger partial charge is 0.480 e. The molecule has 0 saturated heterocycles. The van der Waals surface area contributed by atoms with E-state index in [1.54, 1.807) is 0 Å².